The molecule has 1 fully saturated rings. The number of carbonyl (C=O) groups is 1. The Balaban J connectivity index is 1.85. The maximum atomic E-state index is 12.7. The van der Waals surface area contributed by atoms with E-state index in [0.717, 1.165) is 36.3 Å². The van der Waals surface area contributed by atoms with Gasteiger partial charge in [0.05, 0.1) is 17.2 Å². The first kappa shape index (κ1) is 13.6. The predicted molar refractivity (Wildman–Crippen MR) is 76.8 cm³/mol. The molecule has 1 aromatic heterocycles. The van der Waals surface area contributed by atoms with Crippen molar-refractivity contribution in [2.45, 2.75) is 44.8 Å². The van der Waals surface area contributed by atoms with Crippen molar-refractivity contribution in [2.75, 3.05) is 19.6 Å². The standard InChI is InChI=1S/C15H23N3O2/c1-10-9-17-12-3-8-18(14(19)13(10)12)11(2)15(20)4-6-16-7-5-15/h9,11,16-17,20H,3-8H2,1-2H3. The van der Waals surface area contributed by atoms with E-state index in [2.05, 4.69) is 10.3 Å². The van der Waals surface area contributed by atoms with Gasteiger partial charge in [0, 0.05) is 24.9 Å². The molecule has 1 aromatic rings. The minimum Gasteiger partial charge on any atom is -0.388 e. The van der Waals surface area contributed by atoms with E-state index >= 15 is 0 Å². The summed E-state index contributed by atoms with van der Waals surface area (Å²) in [6, 6.07) is -0.139. The lowest BCUT2D eigenvalue weighted by atomic mass is 9.84. The number of amides is 1. The zero-order valence-corrected chi connectivity index (χ0v) is 12.2. The van der Waals surface area contributed by atoms with Crippen LogP contribution in [0.25, 0.3) is 0 Å². The molecule has 5 heteroatoms. The molecule has 20 heavy (non-hydrogen) atoms. The number of hydrogen-bond acceptors (Lipinski definition) is 3. The molecule has 3 heterocycles. The molecule has 1 amide bonds. The zero-order chi connectivity index (χ0) is 14.3. The number of nitrogens with zero attached hydrogens (tertiary/aromatic N) is 1. The van der Waals surface area contributed by atoms with Crippen LogP contribution < -0.4 is 5.32 Å². The van der Waals surface area contributed by atoms with Crippen LogP contribution in [0, 0.1) is 6.92 Å². The molecule has 0 aromatic carbocycles. The topological polar surface area (TPSA) is 68.4 Å². The summed E-state index contributed by atoms with van der Waals surface area (Å²) < 4.78 is 0. The van der Waals surface area contributed by atoms with Crippen LogP contribution in [-0.2, 0) is 6.42 Å². The highest BCUT2D eigenvalue weighted by Crippen LogP contribution is 2.30. The van der Waals surface area contributed by atoms with E-state index in [0.29, 0.717) is 19.4 Å². The molecule has 5 nitrogen and oxygen atoms in total. The highest BCUT2D eigenvalue weighted by atomic mass is 16.3. The Labute approximate surface area is 119 Å². The Morgan fingerprint density at radius 2 is 2.10 bits per heavy atom. The van der Waals surface area contributed by atoms with Crippen LogP contribution in [0.3, 0.4) is 0 Å². The van der Waals surface area contributed by atoms with Crippen LogP contribution in [-0.4, -0.2) is 52.2 Å². The van der Waals surface area contributed by atoms with Gasteiger partial charge >= 0.3 is 0 Å². The summed E-state index contributed by atoms with van der Waals surface area (Å²) in [5, 5.41) is 14.1. The molecule has 0 radical (unpaired) electrons. The van der Waals surface area contributed by atoms with Crippen LogP contribution in [0.5, 0.6) is 0 Å². The summed E-state index contributed by atoms with van der Waals surface area (Å²) in [6.07, 6.45) is 4.15. The first-order valence-electron chi connectivity index (χ1n) is 7.44. The Kier molecular flexibility index (Phi) is 3.34. The van der Waals surface area contributed by atoms with Crippen molar-refractivity contribution < 1.29 is 9.90 Å². The van der Waals surface area contributed by atoms with E-state index in [1.54, 1.807) is 0 Å². The van der Waals surface area contributed by atoms with Gasteiger partial charge < -0.3 is 20.3 Å². The van der Waals surface area contributed by atoms with Crippen LogP contribution in [0.2, 0.25) is 0 Å². The summed E-state index contributed by atoms with van der Waals surface area (Å²) in [4.78, 5) is 17.7. The fourth-order valence-corrected chi connectivity index (χ4v) is 3.49. The van der Waals surface area contributed by atoms with E-state index in [-0.39, 0.29) is 11.9 Å². The molecule has 1 unspecified atom stereocenters. The molecule has 0 aliphatic carbocycles. The maximum Gasteiger partial charge on any atom is 0.256 e. The lowest BCUT2D eigenvalue weighted by Crippen LogP contribution is -2.58. The van der Waals surface area contributed by atoms with Crippen molar-refractivity contribution in [1.29, 1.82) is 0 Å². The Bertz CT molecular complexity index is 517. The summed E-state index contributed by atoms with van der Waals surface area (Å²) in [5.74, 6) is 0.0597. The van der Waals surface area contributed by atoms with Crippen LogP contribution >= 0.6 is 0 Å². The van der Waals surface area contributed by atoms with Crippen molar-refractivity contribution in [1.82, 2.24) is 15.2 Å². The van der Waals surface area contributed by atoms with Crippen molar-refractivity contribution >= 4 is 5.91 Å². The number of hydrogen-bond donors (Lipinski definition) is 3. The van der Waals surface area contributed by atoms with E-state index in [9.17, 15) is 9.90 Å². The predicted octanol–water partition coefficient (Wildman–Crippen LogP) is 0.824. The fraction of sp³-hybridized carbons (Fsp3) is 0.667. The van der Waals surface area contributed by atoms with Gasteiger partial charge in [0.25, 0.3) is 5.91 Å². The van der Waals surface area contributed by atoms with Gasteiger partial charge in [0.15, 0.2) is 0 Å². The van der Waals surface area contributed by atoms with Crippen molar-refractivity contribution in [3.05, 3.63) is 23.0 Å². The van der Waals surface area contributed by atoms with E-state index in [1.807, 2.05) is 24.9 Å². The summed E-state index contributed by atoms with van der Waals surface area (Å²) in [5.41, 5.74) is 2.08. The quantitative estimate of drug-likeness (QED) is 0.750. The SMILES string of the molecule is Cc1c[nH]c2c1C(=O)N(C(C)C1(O)CCNCC1)CC2. The lowest BCUT2D eigenvalue weighted by Gasteiger charge is -2.44. The maximum absolute atomic E-state index is 12.7. The molecule has 1 saturated heterocycles. The van der Waals surface area contributed by atoms with Gasteiger partial charge in [-0.2, -0.15) is 0 Å². The number of fused-ring (bicyclic) bond motifs is 1. The number of aryl methyl sites for hydroxylation is 1. The molecule has 1 atom stereocenters. The highest BCUT2D eigenvalue weighted by molar-refractivity contribution is 5.98. The second-order valence-electron chi connectivity index (χ2n) is 6.10. The number of aromatic nitrogens is 1. The molecular formula is C15H23N3O2. The summed E-state index contributed by atoms with van der Waals surface area (Å²) >= 11 is 0. The van der Waals surface area contributed by atoms with Gasteiger partial charge in [-0.3, -0.25) is 4.79 Å². The number of piperidine rings is 1. The first-order valence-corrected chi connectivity index (χ1v) is 7.44. The second kappa shape index (κ2) is 4.90. The monoisotopic (exact) mass is 277 g/mol. The van der Waals surface area contributed by atoms with Gasteiger partial charge in [0.2, 0.25) is 0 Å². The summed E-state index contributed by atoms with van der Waals surface area (Å²) in [6.45, 7) is 6.26. The first-order chi connectivity index (χ1) is 9.53. The summed E-state index contributed by atoms with van der Waals surface area (Å²) in [7, 11) is 0. The van der Waals surface area contributed by atoms with Crippen LogP contribution in [0.15, 0.2) is 6.20 Å². The molecule has 0 bridgehead atoms. The fourth-order valence-electron chi connectivity index (χ4n) is 3.49. The number of aromatic amines is 1. The van der Waals surface area contributed by atoms with Crippen LogP contribution in [0.1, 0.15) is 41.4 Å². The average molecular weight is 277 g/mol. The van der Waals surface area contributed by atoms with E-state index < -0.39 is 5.60 Å². The van der Waals surface area contributed by atoms with Gasteiger partial charge in [-0.1, -0.05) is 0 Å². The number of rotatable bonds is 2. The Hall–Kier alpha value is -1.33. The third-order valence-corrected chi connectivity index (χ3v) is 4.95. The number of carbonyl (C=O) groups excluding carboxylic acids is 1. The highest BCUT2D eigenvalue weighted by Gasteiger charge is 2.42. The largest absolute Gasteiger partial charge is 0.388 e. The molecule has 0 saturated carbocycles. The molecule has 2 aliphatic rings. The van der Waals surface area contributed by atoms with Gasteiger partial charge in [-0.15, -0.1) is 0 Å². The minimum atomic E-state index is -0.761. The molecule has 3 N–H and O–H groups in total. The van der Waals surface area contributed by atoms with Crippen LogP contribution in [0.4, 0.5) is 0 Å². The Morgan fingerprint density at radius 1 is 1.40 bits per heavy atom. The van der Waals surface area contributed by atoms with Crippen molar-refractivity contribution in [2.24, 2.45) is 0 Å². The minimum absolute atomic E-state index is 0.0597. The Morgan fingerprint density at radius 3 is 2.80 bits per heavy atom. The number of H-pyrrole nitrogens is 1. The lowest BCUT2D eigenvalue weighted by molar-refractivity contribution is -0.0543. The van der Waals surface area contributed by atoms with Gasteiger partial charge in [0.1, 0.15) is 0 Å². The zero-order valence-electron chi connectivity index (χ0n) is 12.2. The second-order valence-corrected chi connectivity index (χ2v) is 6.10. The average Bonchev–Trinajstić information content (AvgIpc) is 2.82. The van der Waals surface area contributed by atoms with Crippen molar-refractivity contribution in [3.63, 3.8) is 0 Å². The van der Waals surface area contributed by atoms with E-state index in [1.165, 1.54) is 0 Å². The molecule has 3 rings (SSSR count). The third kappa shape index (κ3) is 2.05. The van der Waals surface area contributed by atoms with Gasteiger partial charge in [-0.05, 0) is 45.3 Å². The smallest absolute Gasteiger partial charge is 0.256 e. The molecule has 2 aliphatic heterocycles. The van der Waals surface area contributed by atoms with Crippen molar-refractivity contribution in [3.8, 4) is 0 Å². The normalized spacial score (nSPS) is 23.6. The molecular weight excluding hydrogens is 254 g/mol. The number of nitrogens with one attached hydrogen (secondary N) is 2. The molecule has 0 spiro atoms. The van der Waals surface area contributed by atoms with Gasteiger partial charge in [-0.25, -0.2) is 0 Å². The molecule has 110 valence electrons. The number of aliphatic hydroxyl groups is 1. The third-order valence-electron chi connectivity index (χ3n) is 4.95. The van der Waals surface area contributed by atoms with E-state index in [4.69, 9.17) is 0 Å².